The Hall–Kier alpha value is -1.87. The molecule has 4 rings (SSSR count). The molecule has 0 radical (unpaired) electrons. The summed E-state index contributed by atoms with van der Waals surface area (Å²) >= 11 is 0. The Kier molecular flexibility index (Phi) is 6.66. The van der Waals surface area contributed by atoms with Crippen LogP contribution < -0.4 is 0 Å². The molecule has 6 nitrogen and oxygen atoms in total. The Labute approximate surface area is 200 Å². The lowest BCUT2D eigenvalue weighted by Crippen LogP contribution is -2.29. The molecule has 1 atom stereocenters. The van der Waals surface area contributed by atoms with E-state index in [1.54, 1.807) is 18.2 Å². The third kappa shape index (κ3) is 5.20. The molecule has 1 aliphatic heterocycles. The lowest BCUT2D eigenvalue weighted by Gasteiger charge is -2.30. The number of imidazole rings is 1. The summed E-state index contributed by atoms with van der Waals surface area (Å²) in [5.74, 6) is -1.46. The maximum Gasteiger partial charge on any atom is 0.248 e. The molecule has 34 heavy (non-hydrogen) atoms. The number of sulfonamides is 1. The second-order valence-corrected chi connectivity index (χ2v) is 13.1. The Morgan fingerprint density at radius 1 is 1.15 bits per heavy atom. The highest BCUT2D eigenvalue weighted by molar-refractivity contribution is 7.89. The van der Waals surface area contributed by atoms with Crippen molar-refractivity contribution in [2.75, 3.05) is 13.1 Å². The molecule has 0 amide bonds. The van der Waals surface area contributed by atoms with Crippen LogP contribution in [0.1, 0.15) is 72.0 Å². The van der Waals surface area contributed by atoms with Crippen LogP contribution in [0.5, 0.6) is 0 Å². The van der Waals surface area contributed by atoms with Crippen molar-refractivity contribution in [3.63, 3.8) is 0 Å². The molecule has 2 fully saturated rings. The third-order valence-corrected chi connectivity index (χ3v) is 8.99. The van der Waals surface area contributed by atoms with Gasteiger partial charge in [-0.3, -0.25) is 0 Å². The lowest BCUT2D eigenvalue weighted by atomic mass is 9.86. The molecule has 0 N–H and O–H groups in total. The van der Waals surface area contributed by atoms with Crippen LogP contribution in [0.25, 0.3) is 11.0 Å². The highest BCUT2D eigenvalue weighted by Crippen LogP contribution is 2.38. The van der Waals surface area contributed by atoms with Gasteiger partial charge in [0.2, 0.25) is 15.9 Å². The van der Waals surface area contributed by atoms with E-state index in [-0.39, 0.29) is 40.8 Å². The molecule has 2 aliphatic rings. The van der Waals surface area contributed by atoms with E-state index in [1.807, 2.05) is 0 Å². The predicted octanol–water partition coefficient (Wildman–Crippen LogP) is 5.15. The van der Waals surface area contributed by atoms with Gasteiger partial charge in [0.05, 0.1) is 15.9 Å². The minimum absolute atomic E-state index is 0.0607. The Morgan fingerprint density at radius 2 is 1.82 bits per heavy atom. The van der Waals surface area contributed by atoms with Crippen molar-refractivity contribution in [2.45, 2.75) is 89.0 Å². The number of fused-ring (bicyclic) bond motifs is 1. The average Bonchev–Trinajstić information content (AvgIpc) is 3.34. The summed E-state index contributed by atoms with van der Waals surface area (Å²) in [7, 11) is -3.69. The van der Waals surface area contributed by atoms with Crippen LogP contribution in [0.4, 0.5) is 8.78 Å². The van der Waals surface area contributed by atoms with Gasteiger partial charge in [-0.2, -0.15) is 4.31 Å². The third-order valence-electron chi connectivity index (χ3n) is 7.13. The number of halogens is 2. The molecule has 188 valence electrons. The van der Waals surface area contributed by atoms with Crippen molar-refractivity contribution in [2.24, 2.45) is 11.8 Å². The number of rotatable bonds is 6. The lowest BCUT2D eigenvalue weighted by molar-refractivity contribution is -0.117. The monoisotopic (exact) mass is 495 g/mol. The van der Waals surface area contributed by atoms with Gasteiger partial charge in [-0.25, -0.2) is 22.2 Å². The van der Waals surface area contributed by atoms with Gasteiger partial charge in [-0.1, -0.05) is 20.8 Å². The van der Waals surface area contributed by atoms with Crippen molar-refractivity contribution in [3.05, 3.63) is 24.0 Å². The fourth-order valence-corrected chi connectivity index (χ4v) is 6.86. The quantitative estimate of drug-likeness (QED) is 0.556. The number of aromatic nitrogens is 2. The van der Waals surface area contributed by atoms with Gasteiger partial charge >= 0.3 is 0 Å². The first kappa shape index (κ1) is 25.2. The minimum atomic E-state index is -3.69. The second kappa shape index (κ2) is 8.97. The zero-order chi connectivity index (χ0) is 24.9. The summed E-state index contributed by atoms with van der Waals surface area (Å²) in [6.45, 7) is 9.06. The molecule has 1 aliphatic carbocycles. The Bertz CT molecular complexity index is 1170. The molecular formula is C25H35F2N3O3S. The number of nitrogens with zero attached hydrogens (tertiary/aromatic N) is 3. The maximum absolute atomic E-state index is 13.7. The zero-order valence-electron chi connectivity index (χ0n) is 20.5. The van der Waals surface area contributed by atoms with Crippen molar-refractivity contribution >= 4 is 26.8 Å². The summed E-state index contributed by atoms with van der Waals surface area (Å²) in [6.07, 6.45) is 1.86. The molecule has 1 saturated carbocycles. The van der Waals surface area contributed by atoms with Crippen LogP contribution in [-0.4, -0.2) is 47.1 Å². The predicted molar refractivity (Wildman–Crippen MR) is 128 cm³/mol. The number of ketones is 1. The van der Waals surface area contributed by atoms with Crippen molar-refractivity contribution in [1.82, 2.24) is 13.9 Å². The molecule has 2 heterocycles. The van der Waals surface area contributed by atoms with Crippen LogP contribution in [0, 0.1) is 11.8 Å². The summed E-state index contributed by atoms with van der Waals surface area (Å²) in [5.41, 5.74) is 1.15. The molecule has 0 bridgehead atoms. The number of Topliss-reactive ketones (excluding diaryl/α,β-unsaturated/α-hetero) is 1. The number of hydrogen-bond acceptors (Lipinski definition) is 4. The molecular weight excluding hydrogens is 460 g/mol. The van der Waals surface area contributed by atoms with Crippen LogP contribution >= 0.6 is 0 Å². The molecule has 0 spiro atoms. The first-order chi connectivity index (χ1) is 15.8. The van der Waals surface area contributed by atoms with E-state index in [4.69, 9.17) is 4.98 Å². The fraction of sp³-hybridized carbons (Fsp3) is 0.680. The van der Waals surface area contributed by atoms with Gasteiger partial charge in [0.25, 0.3) is 0 Å². The van der Waals surface area contributed by atoms with Gasteiger partial charge < -0.3 is 9.36 Å². The first-order valence-electron chi connectivity index (χ1n) is 12.1. The zero-order valence-corrected chi connectivity index (χ0v) is 21.3. The van der Waals surface area contributed by atoms with Gasteiger partial charge in [0.15, 0.2) is 0 Å². The van der Waals surface area contributed by atoms with Crippen LogP contribution in [0.3, 0.4) is 0 Å². The molecule has 1 aromatic carbocycles. The highest BCUT2D eigenvalue weighted by atomic mass is 32.2. The van der Waals surface area contributed by atoms with E-state index in [2.05, 4.69) is 25.3 Å². The number of carbonyl (C=O) groups is 1. The standard InChI is InChI=1S/C25H35F2N3O3S/c1-17(31)13-19-9-12-29(15-19)34(32,33)20-5-6-22-21(14-20)28-23(24(2,3)4)30(22)16-18-7-10-25(26,27)11-8-18/h5-6,14,18-19H,7-13,15-16H2,1-4H3/t19-/m0/s1. The van der Waals surface area contributed by atoms with Crippen molar-refractivity contribution in [1.29, 1.82) is 0 Å². The van der Waals surface area contributed by atoms with Gasteiger partial charge in [-0.15, -0.1) is 0 Å². The summed E-state index contributed by atoms with van der Waals surface area (Å²) < 4.78 is 57.5. The Balaban J connectivity index is 1.63. The van der Waals surface area contributed by atoms with E-state index in [1.165, 1.54) is 11.2 Å². The molecule has 2 aromatic rings. The van der Waals surface area contributed by atoms with Gasteiger partial charge in [0.1, 0.15) is 11.6 Å². The topological polar surface area (TPSA) is 72.3 Å². The van der Waals surface area contributed by atoms with Crippen LogP contribution in [0.2, 0.25) is 0 Å². The number of alkyl halides is 2. The first-order valence-corrected chi connectivity index (χ1v) is 13.6. The average molecular weight is 496 g/mol. The SMILES string of the molecule is CC(=O)C[C@@H]1CCN(S(=O)(=O)c2ccc3c(c2)nc(C(C)(C)C)n3CC2CCC(F)(F)CC2)C1. The number of hydrogen-bond donors (Lipinski definition) is 0. The number of carbonyl (C=O) groups excluding carboxylic acids is 1. The second-order valence-electron chi connectivity index (χ2n) is 11.2. The van der Waals surface area contributed by atoms with Crippen molar-refractivity contribution < 1.29 is 22.0 Å². The molecule has 1 saturated heterocycles. The minimum Gasteiger partial charge on any atom is -0.327 e. The summed E-state index contributed by atoms with van der Waals surface area (Å²) in [6, 6.07) is 5.05. The summed E-state index contributed by atoms with van der Waals surface area (Å²) in [5, 5.41) is 0. The van der Waals surface area contributed by atoms with Crippen LogP contribution in [-0.2, 0) is 26.8 Å². The maximum atomic E-state index is 13.7. The van der Waals surface area contributed by atoms with E-state index < -0.39 is 15.9 Å². The largest absolute Gasteiger partial charge is 0.327 e. The van der Waals surface area contributed by atoms with Gasteiger partial charge in [-0.05, 0) is 56.2 Å². The van der Waals surface area contributed by atoms with E-state index in [0.717, 1.165) is 11.3 Å². The van der Waals surface area contributed by atoms with E-state index in [9.17, 15) is 22.0 Å². The number of benzene rings is 1. The van der Waals surface area contributed by atoms with Crippen LogP contribution in [0.15, 0.2) is 23.1 Å². The smallest absolute Gasteiger partial charge is 0.248 e. The Morgan fingerprint density at radius 3 is 2.44 bits per heavy atom. The highest BCUT2D eigenvalue weighted by Gasteiger charge is 2.36. The van der Waals surface area contributed by atoms with E-state index >= 15 is 0 Å². The molecule has 0 unspecified atom stereocenters. The normalized spacial score (nSPS) is 22.5. The fourth-order valence-electron chi connectivity index (χ4n) is 5.31. The van der Waals surface area contributed by atoms with Crippen molar-refractivity contribution in [3.8, 4) is 0 Å². The van der Waals surface area contributed by atoms with Gasteiger partial charge in [0, 0.05) is 44.3 Å². The molecule has 1 aromatic heterocycles. The summed E-state index contributed by atoms with van der Waals surface area (Å²) in [4.78, 5) is 16.5. The molecule has 9 heteroatoms. The van der Waals surface area contributed by atoms with E-state index in [0.29, 0.717) is 50.8 Å².